The van der Waals surface area contributed by atoms with Gasteiger partial charge in [-0.25, -0.2) is 0 Å². The minimum absolute atomic E-state index is 0.00464. The van der Waals surface area contributed by atoms with Gasteiger partial charge in [-0.05, 0) is 19.4 Å². The third kappa shape index (κ3) is 4.02. The summed E-state index contributed by atoms with van der Waals surface area (Å²) in [5, 5.41) is 11.4. The van der Waals surface area contributed by atoms with E-state index >= 15 is 0 Å². The van der Waals surface area contributed by atoms with Gasteiger partial charge in [0, 0.05) is 13.1 Å². The van der Waals surface area contributed by atoms with Crippen LogP contribution in [0.4, 0.5) is 0 Å². The summed E-state index contributed by atoms with van der Waals surface area (Å²) in [6, 6.07) is 0. The monoisotopic (exact) mass is 226 g/mol. The van der Waals surface area contributed by atoms with Crippen LogP contribution in [0.5, 0.6) is 0 Å². The largest absolute Gasteiger partial charge is 0.480 e. The molecule has 0 aliphatic carbocycles. The van der Waals surface area contributed by atoms with Gasteiger partial charge in [0.1, 0.15) is 0 Å². The first kappa shape index (κ1) is 12.7. The van der Waals surface area contributed by atoms with Gasteiger partial charge < -0.3 is 10.4 Å². The van der Waals surface area contributed by atoms with E-state index in [-0.39, 0.29) is 18.4 Å². The maximum absolute atomic E-state index is 11.7. The van der Waals surface area contributed by atoms with Crippen molar-refractivity contribution in [3.63, 3.8) is 0 Å². The molecule has 1 atom stereocenters. The number of carboxylic acids is 1. The zero-order valence-electron chi connectivity index (χ0n) is 9.32. The highest BCUT2D eigenvalue weighted by atomic mass is 16.4. The highest BCUT2D eigenvalue weighted by Gasteiger charge is 2.26. The lowest BCUT2D eigenvalue weighted by molar-refractivity contribution is -0.139. The second-order valence-electron chi connectivity index (χ2n) is 4.00. The van der Waals surface area contributed by atoms with Gasteiger partial charge in [-0.2, -0.15) is 0 Å². The maximum atomic E-state index is 11.7. The van der Waals surface area contributed by atoms with E-state index in [0.29, 0.717) is 13.1 Å². The molecule has 5 nitrogen and oxygen atoms in total. The minimum Gasteiger partial charge on any atom is -0.480 e. The number of aliphatic carboxylic acids is 1. The third-order valence-corrected chi connectivity index (χ3v) is 2.66. The molecule has 0 aromatic carbocycles. The zero-order valence-corrected chi connectivity index (χ0v) is 9.32. The van der Waals surface area contributed by atoms with Crippen molar-refractivity contribution in [1.29, 1.82) is 0 Å². The molecule has 0 spiro atoms. The number of hydrogen-bond donors (Lipinski definition) is 2. The van der Waals surface area contributed by atoms with Gasteiger partial charge >= 0.3 is 5.97 Å². The maximum Gasteiger partial charge on any atom is 0.317 e. The summed E-state index contributed by atoms with van der Waals surface area (Å²) in [7, 11) is 0. The van der Waals surface area contributed by atoms with Gasteiger partial charge in [0.05, 0.1) is 12.5 Å². The molecular weight excluding hydrogens is 208 g/mol. The van der Waals surface area contributed by atoms with Crippen LogP contribution < -0.4 is 5.32 Å². The number of piperidine rings is 1. The molecule has 5 heteroatoms. The molecule has 1 saturated heterocycles. The highest BCUT2D eigenvalue weighted by molar-refractivity contribution is 5.79. The number of nitrogens with one attached hydrogen (secondary N) is 1. The normalized spacial score (nSPS) is 21.4. The molecule has 1 aliphatic heterocycles. The second-order valence-corrected chi connectivity index (χ2v) is 4.00. The molecular formula is C11H18N2O3. The Morgan fingerprint density at radius 1 is 1.56 bits per heavy atom. The molecule has 1 fully saturated rings. The molecule has 1 rings (SSSR count). The molecule has 2 N–H and O–H groups in total. The quantitative estimate of drug-likeness (QED) is 0.652. The second kappa shape index (κ2) is 6.27. The molecule has 1 amide bonds. The van der Waals surface area contributed by atoms with Crippen LogP contribution in [0.25, 0.3) is 0 Å². The van der Waals surface area contributed by atoms with Gasteiger partial charge in [-0.3, -0.25) is 14.5 Å². The summed E-state index contributed by atoms with van der Waals surface area (Å²) in [5.74, 6) is -0.935. The van der Waals surface area contributed by atoms with Gasteiger partial charge in [-0.15, -0.1) is 6.58 Å². The molecule has 16 heavy (non-hydrogen) atoms. The predicted molar refractivity (Wildman–Crippen MR) is 60.0 cm³/mol. The van der Waals surface area contributed by atoms with Crippen molar-refractivity contribution in [2.24, 2.45) is 5.92 Å². The number of carbonyl (C=O) groups is 2. The van der Waals surface area contributed by atoms with Gasteiger partial charge in [-0.1, -0.05) is 6.08 Å². The first-order chi connectivity index (χ1) is 7.63. The summed E-state index contributed by atoms with van der Waals surface area (Å²) < 4.78 is 0. The highest BCUT2D eigenvalue weighted by Crippen LogP contribution is 2.16. The molecule has 1 aliphatic rings. The fourth-order valence-electron chi connectivity index (χ4n) is 1.92. The molecule has 0 radical (unpaired) electrons. The average molecular weight is 226 g/mol. The fourth-order valence-corrected chi connectivity index (χ4v) is 1.92. The number of carbonyl (C=O) groups excluding carboxylic acids is 1. The molecule has 0 aromatic rings. The Hall–Kier alpha value is -1.36. The van der Waals surface area contributed by atoms with Crippen molar-refractivity contribution in [2.75, 3.05) is 26.2 Å². The summed E-state index contributed by atoms with van der Waals surface area (Å²) in [5.41, 5.74) is 0. The Balaban J connectivity index is 2.40. The predicted octanol–water partition coefficient (Wildman–Crippen LogP) is 0.0852. The number of nitrogens with zero attached hydrogens (tertiary/aromatic N) is 1. The van der Waals surface area contributed by atoms with Crippen molar-refractivity contribution in [3.05, 3.63) is 12.7 Å². The number of hydrogen-bond acceptors (Lipinski definition) is 3. The van der Waals surface area contributed by atoms with E-state index in [0.717, 1.165) is 19.4 Å². The lowest BCUT2D eigenvalue weighted by Crippen LogP contribution is -2.44. The van der Waals surface area contributed by atoms with Crippen molar-refractivity contribution in [2.45, 2.75) is 12.8 Å². The topological polar surface area (TPSA) is 69.6 Å². The van der Waals surface area contributed by atoms with Crippen LogP contribution >= 0.6 is 0 Å². The van der Waals surface area contributed by atoms with Crippen molar-refractivity contribution >= 4 is 11.9 Å². The van der Waals surface area contributed by atoms with Crippen LogP contribution in [0.2, 0.25) is 0 Å². The number of amides is 1. The van der Waals surface area contributed by atoms with Crippen LogP contribution in [0.15, 0.2) is 12.7 Å². The fraction of sp³-hybridized carbons (Fsp3) is 0.636. The summed E-state index contributed by atoms with van der Waals surface area (Å²) in [6.45, 7) is 5.31. The van der Waals surface area contributed by atoms with E-state index < -0.39 is 5.97 Å². The Kier molecular flexibility index (Phi) is 4.98. The van der Waals surface area contributed by atoms with E-state index in [1.165, 1.54) is 0 Å². The number of carboxylic acid groups (broad SMARTS) is 1. The summed E-state index contributed by atoms with van der Waals surface area (Å²) in [6.07, 6.45) is 3.34. The van der Waals surface area contributed by atoms with E-state index in [1.807, 2.05) is 4.90 Å². The molecule has 0 aromatic heterocycles. The van der Waals surface area contributed by atoms with Crippen LogP contribution in [-0.2, 0) is 9.59 Å². The molecule has 1 unspecified atom stereocenters. The van der Waals surface area contributed by atoms with E-state index in [2.05, 4.69) is 11.9 Å². The third-order valence-electron chi connectivity index (χ3n) is 2.66. The average Bonchev–Trinajstić information content (AvgIpc) is 2.25. The van der Waals surface area contributed by atoms with E-state index in [4.69, 9.17) is 5.11 Å². The number of likely N-dealkylation sites (tertiary alicyclic amines) is 1. The van der Waals surface area contributed by atoms with Crippen LogP contribution in [0.1, 0.15) is 12.8 Å². The molecule has 0 bridgehead atoms. The first-order valence-corrected chi connectivity index (χ1v) is 5.46. The Bertz CT molecular complexity index is 278. The minimum atomic E-state index is -0.841. The summed E-state index contributed by atoms with van der Waals surface area (Å²) in [4.78, 5) is 24.0. The van der Waals surface area contributed by atoms with Gasteiger partial charge in [0.15, 0.2) is 0 Å². The standard InChI is InChI=1S/C11H18N2O3/c1-2-5-12-11(16)9-4-3-6-13(7-9)8-10(14)15/h2,9H,1,3-8H2,(H,12,16)(H,14,15). The SMILES string of the molecule is C=CCNC(=O)C1CCCN(CC(=O)O)C1. The van der Waals surface area contributed by atoms with Gasteiger partial charge in [0.2, 0.25) is 5.91 Å². The van der Waals surface area contributed by atoms with E-state index in [9.17, 15) is 9.59 Å². The zero-order chi connectivity index (χ0) is 12.0. The van der Waals surface area contributed by atoms with Crippen molar-refractivity contribution in [3.8, 4) is 0 Å². The Morgan fingerprint density at radius 3 is 2.94 bits per heavy atom. The van der Waals surface area contributed by atoms with Crippen LogP contribution in [0.3, 0.4) is 0 Å². The first-order valence-electron chi connectivity index (χ1n) is 5.46. The van der Waals surface area contributed by atoms with Gasteiger partial charge in [0.25, 0.3) is 0 Å². The molecule has 0 saturated carbocycles. The molecule has 90 valence electrons. The van der Waals surface area contributed by atoms with Crippen LogP contribution in [0, 0.1) is 5.92 Å². The number of rotatable bonds is 5. The molecule has 1 heterocycles. The van der Waals surface area contributed by atoms with Crippen LogP contribution in [-0.4, -0.2) is 48.1 Å². The Labute approximate surface area is 95.1 Å². The Morgan fingerprint density at radius 2 is 2.31 bits per heavy atom. The smallest absolute Gasteiger partial charge is 0.317 e. The van der Waals surface area contributed by atoms with E-state index in [1.54, 1.807) is 6.08 Å². The summed E-state index contributed by atoms with van der Waals surface area (Å²) >= 11 is 0. The lowest BCUT2D eigenvalue weighted by atomic mass is 9.97. The lowest BCUT2D eigenvalue weighted by Gasteiger charge is -2.30. The van der Waals surface area contributed by atoms with Crippen molar-refractivity contribution < 1.29 is 14.7 Å². The van der Waals surface area contributed by atoms with Crippen molar-refractivity contribution in [1.82, 2.24) is 10.2 Å².